The number of ether oxygens (including phenoxy) is 11. The predicted molar refractivity (Wildman–Crippen MR) is 417 cm³/mol. The molecule has 0 radical (unpaired) electrons. The highest BCUT2D eigenvalue weighted by atomic mass is 16.6. The fourth-order valence-corrected chi connectivity index (χ4v) is 13.2. The van der Waals surface area contributed by atoms with Gasteiger partial charge in [0, 0.05) is 152 Å². The lowest BCUT2D eigenvalue weighted by atomic mass is 10.1. The molecular formula is C84H50O41. The van der Waals surface area contributed by atoms with Crippen molar-refractivity contribution in [2.24, 2.45) is 0 Å². The van der Waals surface area contributed by atoms with E-state index in [4.69, 9.17) is 74.2 Å². The van der Waals surface area contributed by atoms with Crippen LogP contribution in [0.1, 0.15) is 0 Å². The van der Waals surface area contributed by atoms with Gasteiger partial charge in [-0.05, 0) is 0 Å². The molecule has 125 heavy (non-hydrogen) atoms. The molecule has 0 amide bonds. The van der Waals surface area contributed by atoms with Gasteiger partial charge in [0.1, 0.15) is 91.8 Å². The molecule has 17 aromatic rings. The van der Waals surface area contributed by atoms with Crippen LogP contribution in [0, 0.1) is 0 Å². The quantitative estimate of drug-likeness (QED) is 0.0446. The minimum absolute atomic E-state index is 0.00686. The van der Waals surface area contributed by atoms with E-state index in [0.29, 0.717) is 0 Å². The number of phenolic OH excluding ortho intramolecular Hbond substituents is 25. The second-order valence-corrected chi connectivity index (χ2v) is 27.1. The third kappa shape index (κ3) is 13.7. The summed E-state index contributed by atoms with van der Waals surface area (Å²) >= 11 is 0. The summed E-state index contributed by atoms with van der Waals surface area (Å²) in [4.78, 5) is 0. The van der Waals surface area contributed by atoms with E-state index in [2.05, 4.69) is 0 Å². The predicted octanol–water partition coefficient (Wildman–Crippen LogP) is 18.4. The Morgan fingerprint density at radius 1 is 0.152 bits per heavy atom. The molecule has 0 spiro atoms. The van der Waals surface area contributed by atoms with Crippen LogP contribution in [-0.2, 0) is 0 Å². The monoisotopic (exact) mass is 1710 g/mol. The molecule has 41 nitrogen and oxygen atoms in total. The highest BCUT2D eigenvalue weighted by molar-refractivity contribution is 6.15. The number of rotatable bonds is 10. The van der Waals surface area contributed by atoms with Crippen molar-refractivity contribution >= 4 is 66.6 Å². The standard InChI is InChI=1S/C36H22O18.C30H18O14.C18H10O9/c37-12-1-13(38)3-15(2-12)49-31-22(44)10-25(47)34-35(31)54-30-21(43)8-17(9-27(30)52-34)48-28-19(41)6-16(7-20(28)42)50-32-23(45)11-24(46)33-36(32)53-29-18(40)4-14(39)5-26(29)51-33;31-10-1-11(32)4-14(3-10)40-24-17(36)7-16(35)22-23-21(42-28(22)24)9-20(39)25-29(23)43-27-19(38)8-18(37)26(30(27)44-25)41-15-5-12(33)2-13(34)6-15;19-6-1-8(21)14-11(3-6)24-13-5-10(23)16-18(17(13)26-14)27-15-9(22)2-7(20)4-12(15)25-16/h1-11,37-47H;1-9,31-39H;1-5,19-23H. The van der Waals surface area contributed by atoms with E-state index in [1.54, 1.807) is 0 Å². The van der Waals surface area contributed by atoms with Crippen LogP contribution in [-0.4, -0.2) is 128 Å². The maximum absolute atomic E-state index is 10.9. The Morgan fingerprint density at radius 2 is 0.456 bits per heavy atom. The number of furan rings is 1. The van der Waals surface area contributed by atoms with Crippen molar-refractivity contribution in [2.45, 2.75) is 0 Å². The van der Waals surface area contributed by atoms with Gasteiger partial charge in [0.25, 0.3) is 0 Å². The zero-order chi connectivity index (χ0) is 88.1. The summed E-state index contributed by atoms with van der Waals surface area (Å²) in [5.74, 6) is -19.1. The van der Waals surface area contributed by atoms with Crippen molar-refractivity contribution in [1.29, 1.82) is 0 Å². The van der Waals surface area contributed by atoms with Crippen LogP contribution in [0.15, 0.2) is 174 Å². The van der Waals surface area contributed by atoms with E-state index >= 15 is 0 Å². The highest BCUT2D eigenvalue weighted by Crippen LogP contribution is 2.66. The second-order valence-electron chi connectivity index (χ2n) is 27.1. The molecule has 14 aromatic carbocycles. The van der Waals surface area contributed by atoms with Gasteiger partial charge in [0.05, 0.1) is 10.8 Å². The average Bonchev–Trinajstić information content (AvgIpc) is 1.62. The molecule has 20 rings (SSSR count). The smallest absolute Gasteiger partial charge is 0.220 e. The number of hydrogen-bond acceptors (Lipinski definition) is 41. The van der Waals surface area contributed by atoms with E-state index < -0.39 is 121 Å². The van der Waals surface area contributed by atoms with Gasteiger partial charge < -0.3 is 202 Å². The number of fused-ring (bicyclic) bond motifs is 15. The molecule has 3 aliphatic heterocycles. The van der Waals surface area contributed by atoms with E-state index in [1.807, 2.05) is 0 Å². The number of benzene rings is 14. The van der Waals surface area contributed by atoms with Crippen molar-refractivity contribution in [3.8, 4) is 270 Å². The lowest BCUT2D eigenvalue weighted by Gasteiger charge is -2.25. The maximum atomic E-state index is 10.9. The number of phenols is 25. The maximum Gasteiger partial charge on any atom is 0.220 e. The van der Waals surface area contributed by atoms with Gasteiger partial charge in [-0.25, -0.2) is 0 Å². The summed E-state index contributed by atoms with van der Waals surface area (Å²) in [5, 5.41) is 257. The Labute approximate surface area is 687 Å². The first-order chi connectivity index (χ1) is 59.6. The Balaban J connectivity index is 0.000000134. The molecule has 0 aliphatic carbocycles. The molecule has 632 valence electrons. The van der Waals surface area contributed by atoms with E-state index in [0.717, 1.165) is 133 Å². The fraction of sp³-hybridized carbons (Fsp3) is 0. The topological polar surface area (TPSA) is 673 Å². The molecular weight excluding hydrogens is 1660 g/mol. The molecule has 41 heteroatoms. The Morgan fingerprint density at radius 3 is 0.960 bits per heavy atom. The van der Waals surface area contributed by atoms with Crippen LogP contribution in [0.5, 0.6) is 270 Å². The SMILES string of the molecule is Oc1cc(O)c2oc3c(cc(O)c4oc5cc(O)cc(O)c5oc43)oc2c1.Oc1cc(O)cc(Oc2c(O)cc(O)c3c2Oc2c(O)cc(Oc4c(O)cc(Oc5c(O)cc(O)c6c5Oc5c(O)cc(O)cc5O6)cc4O)cc2O3)c1.Oc1cc(O)cc(Oc2c(O)cc(O)c3c2Oc2c(O)cc4oc5c(Oc6cc(O)cc(O)c6)c(O)cc(O)c5c4c2O3)c1. The van der Waals surface area contributed by atoms with Crippen LogP contribution in [0.4, 0.5) is 0 Å². The molecule has 0 atom stereocenters. The molecule has 6 heterocycles. The average molecular weight is 1720 g/mol. The van der Waals surface area contributed by atoms with Crippen LogP contribution in [0.2, 0.25) is 0 Å². The summed E-state index contributed by atoms with van der Waals surface area (Å²) in [6.07, 6.45) is 0. The highest BCUT2D eigenvalue weighted by Gasteiger charge is 2.39. The van der Waals surface area contributed by atoms with Gasteiger partial charge in [-0.1, -0.05) is 0 Å². The third-order valence-electron chi connectivity index (χ3n) is 18.3. The first-order valence-electron chi connectivity index (χ1n) is 35.3. The summed E-state index contributed by atoms with van der Waals surface area (Å²) in [6, 6.07) is 26.5. The van der Waals surface area contributed by atoms with Crippen LogP contribution >= 0.6 is 0 Å². The Bertz CT molecular complexity index is 7470. The summed E-state index contributed by atoms with van der Waals surface area (Å²) in [5.41, 5.74) is -0.682. The summed E-state index contributed by atoms with van der Waals surface area (Å²) in [6.45, 7) is 0. The molecule has 3 aliphatic rings. The molecule has 0 saturated heterocycles. The van der Waals surface area contributed by atoms with Crippen molar-refractivity contribution in [2.75, 3.05) is 0 Å². The molecule has 0 unspecified atom stereocenters. The van der Waals surface area contributed by atoms with Crippen LogP contribution in [0.25, 0.3) is 66.6 Å². The second kappa shape index (κ2) is 28.6. The van der Waals surface area contributed by atoms with Gasteiger partial charge in [-0.15, -0.1) is 0 Å². The minimum atomic E-state index is -0.722. The van der Waals surface area contributed by atoms with Crippen molar-refractivity contribution < 1.29 is 202 Å². The fourth-order valence-electron chi connectivity index (χ4n) is 13.2. The largest absolute Gasteiger partial charge is 0.508 e. The molecule has 0 bridgehead atoms. The first-order valence-corrected chi connectivity index (χ1v) is 35.3. The van der Waals surface area contributed by atoms with Crippen molar-refractivity contribution in [1.82, 2.24) is 0 Å². The van der Waals surface area contributed by atoms with E-state index in [1.165, 1.54) is 18.2 Å². The van der Waals surface area contributed by atoms with Crippen LogP contribution in [0.3, 0.4) is 0 Å². The summed E-state index contributed by atoms with van der Waals surface area (Å²) < 4.78 is 91.1. The van der Waals surface area contributed by atoms with E-state index in [-0.39, 0.29) is 216 Å². The minimum Gasteiger partial charge on any atom is -0.508 e. The van der Waals surface area contributed by atoms with Crippen LogP contribution < -0.4 is 52.1 Å². The van der Waals surface area contributed by atoms with Gasteiger partial charge in [-0.3, -0.25) is 0 Å². The van der Waals surface area contributed by atoms with Gasteiger partial charge >= 0.3 is 0 Å². The Kier molecular flexibility index (Phi) is 17.7. The third-order valence-corrected chi connectivity index (χ3v) is 18.3. The lowest BCUT2D eigenvalue weighted by molar-refractivity contribution is 0.297. The lowest BCUT2D eigenvalue weighted by Crippen LogP contribution is -2.02. The number of hydrogen-bond donors (Lipinski definition) is 25. The van der Waals surface area contributed by atoms with Crippen molar-refractivity contribution in [3.05, 3.63) is 152 Å². The van der Waals surface area contributed by atoms with Gasteiger partial charge in [-0.2, -0.15) is 0 Å². The summed E-state index contributed by atoms with van der Waals surface area (Å²) in [7, 11) is 0. The molecule has 0 fully saturated rings. The van der Waals surface area contributed by atoms with Gasteiger partial charge in [0.2, 0.25) is 108 Å². The zero-order valence-electron chi connectivity index (χ0n) is 61.6. The normalized spacial score (nSPS) is 11.9. The van der Waals surface area contributed by atoms with E-state index in [9.17, 15) is 128 Å². The first kappa shape index (κ1) is 77.1. The van der Waals surface area contributed by atoms with Crippen molar-refractivity contribution in [3.63, 3.8) is 0 Å². The molecule has 25 N–H and O–H groups in total. The number of aromatic hydroxyl groups is 25. The zero-order valence-corrected chi connectivity index (χ0v) is 61.6. The van der Waals surface area contributed by atoms with Gasteiger partial charge in [0.15, 0.2) is 126 Å². The molecule has 3 aromatic heterocycles. The Hall–Kier alpha value is -19.1. The molecule has 0 saturated carbocycles.